The van der Waals surface area contributed by atoms with Gasteiger partial charge >= 0.3 is 0 Å². The number of pyridine rings is 1. The van der Waals surface area contributed by atoms with E-state index in [4.69, 9.17) is 29.6 Å². The fraction of sp³-hybridized carbons (Fsp3) is 0.345. The van der Waals surface area contributed by atoms with E-state index in [0.717, 1.165) is 52.6 Å². The standard InChI is InChI=1S/C29H34N8O4/c1-4-37-23(19-35(2)18-21-7-5-20(6-8-21)9-11-24(38)34-39)31-26-28(36-13-15-41-16-14-36)32-27(33-29(26)37)22-10-12-25(40-3)30-17-22/h5-12,17,39H,4,13-16,18-19H2,1-3H3,(H,34,38). The number of ether oxygens (including phenoxy) is 2. The summed E-state index contributed by atoms with van der Waals surface area (Å²) in [5.41, 5.74) is 5.96. The number of rotatable bonds is 10. The van der Waals surface area contributed by atoms with Crippen molar-refractivity contribution in [2.24, 2.45) is 0 Å². The van der Waals surface area contributed by atoms with Crippen molar-refractivity contribution in [2.75, 3.05) is 45.4 Å². The molecule has 12 nitrogen and oxygen atoms in total. The number of methoxy groups -OCH3 is 1. The van der Waals surface area contributed by atoms with Crippen LogP contribution in [0.25, 0.3) is 28.6 Å². The van der Waals surface area contributed by atoms with Crippen LogP contribution in [0.2, 0.25) is 0 Å². The van der Waals surface area contributed by atoms with Crippen LogP contribution >= 0.6 is 0 Å². The highest BCUT2D eigenvalue weighted by molar-refractivity contribution is 5.90. The molecule has 4 aromatic rings. The first kappa shape index (κ1) is 28.1. The maximum absolute atomic E-state index is 11.2. The lowest BCUT2D eigenvalue weighted by atomic mass is 10.1. The van der Waals surface area contributed by atoms with Crippen LogP contribution in [0.1, 0.15) is 23.9 Å². The summed E-state index contributed by atoms with van der Waals surface area (Å²) in [6.07, 6.45) is 4.65. The first-order chi connectivity index (χ1) is 20.0. The van der Waals surface area contributed by atoms with E-state index in [2.05, 4.69) is 33.3 Å². The Bertz CT molecular complexity index is 1510. The second-order valence-electron chi connectivity index (χ2n) is 9.73. The van der Waals surface area contributed by atoms with Gasteiger partial charge in [-0.1, -0.05) is 24.3 Å². The number of benzene rings is 1. The van der Waals surface area contributed by atoms with Crippen molar-refractivity contribution in [1.82, 2.24) is 34.9 Å². The van der Waals surface area contributed by atoms with Crippen LogP contribution in [-0.2, 0) is 29.2 Å². The Kier molecular flexibility index (Phi) is 8.82. The van der Waals surface area contributed by atoms with Crippen molar-refractivity contribution in [3.63, 3.8) is 0 Å². The summed E-state index contributed by atoms with van der Waals surface area (Å²) in [7, 11) is 3.65. The van der Waals surface area contributed by atoms with Gasteiger partial charge in [0.25, 0.3) is 5.91 Å². The molecule has 5 rings (SSSR count). The summed E-state index contributed by atoms with van der Waals surface area (Å²) in [4.78, 5) is 35.0. The Labute approximate surface area is 238 Å². The quantitative estimate of drug-likeness (QED) is 0.170. The van der Waals surface area contributed by atoms with Gasteiger partial charge in [-0.25, -0.2) is 25.4 Å². The van der Waals surface area contributed by atoms with Crippen LogP contribution in [0.4, 0.5) is 5.82 Å². The molecule has 1 amide bonds. The molecule has 1 saturated heterocycles. The van der Waals surface area contributed by atoms with Gasteiger partial charge in [0.05, 0.1) is 26.9 Å². The Morgan fingerprint density at radius 3 is 2.56 bits per heavy atom. The molecule has 214 valence electrons. The van der Waals surface area contributed by atoms with E-state index in [-0.39, 0.29) is 0 Å². The molecule has 2 N–H and O–H groups in total. The molecule has 0 spiro atoms. The minimum Gasteiger partial charge on any atom is -0.481 e. The predicted molar refractivity (Wildman–Crippen MR) is 154 cm³/mol. The van der Waals surface area contributed by atoms with E-state index in [9.17, 15) is 4.79 Å². The zero-order valence-electron chi connectivity index (χ0n) is 23.4. The van der Waals surface area contributed by atoms with Gasteiger partial charge in [0, 0.05) is 50.1 Å². The third-order valence-corrected chi connectivity index (χ3v) is 6.87. The Morgan fingerprint density at radius 1 is 1.12 bits per heavy atom. The fourth-order valence-electron chi connectivity index (χ4n) is 4.79. The summed E-state index contributed by atoms with van der Waals surface area (Å²) >= 11 is 0. The smallest absolute Gasteiger partial charge is 0.267 e. The molecule has 0 aliphatic carbocycles. The molecule has 12 heteroatoms. The lowest BCUT2D eigenvalue weighted by Crippen LogP contribution is -2.37. The number of nitrogens with one attached hydrogen (secondary N) is 1. The lowest BCUT2D eigenvalue weighted by molar-refractivity contribution is -0.124. The zero-order chi connectivity index (χ0) is 28.8. The molecule has 41 heavy (non-hydrogen) atoms. The van der Waals surface area contributed by atoms with Crippen molar-refractivity contribution in [3.05, 3.63) is 65.6 Å². The number of imidazole rings is 1. The van der Waals surface area contributed by atoms with E-state index in [1.807, 2.05) is 36.4 Å². The highest BCUT2D eigenvalue weighted by atomic mass is 16.5. The summed E-state index contributed by atoms with van der Waals surface area (Å²) in [5, 5.41) is 8.64. The Hall–Kier alpha value is -4.39. The number of carbonyl (C=O) groups is 1. The lowest BCUT2D eigenvalue weighted by Gasteiger charge is -2.28. The number of hydrogen-bond acceptors (Lipinski definition) is 10. The van der Waals surface area contributed by atoms with Gasteiger partial charge in [-0.05, 0) is 37.2 Å². The number of aromatic nitrogens is 5. The molecule has 4 heterocycles. The number of nitrogens with zero attached hydrogens (tertiary/aromatic N) is 7. The van der Waals surface area contributed by atoms with E-state index >= 15 is 0 Å². The highest BCUT2D eigenvalue weighted by Crippen LogP contribution is 2.29. The molecule has 0 atom stereocenters. The number of amides is 1. The van der Waals surface area contributed by atoms with Gasteiger partial charge in [0.15, 0.2) is 22.8 Å². The first-order valence-corrected chi connectivity index (χ1v) is 13.5. The minimum absolute atomic E-state index is 0.535. The van der Waals surface area contributed by atoms with Crippen LogP contribution in [0.15, 0.2) is 48.7 Å². The van der Waals surface area contributed by atoms with Gasteiger partial charge in [0.1, 0.15) is 5.82 Å². The van der Waals surface area contributed by atoms with E-state index in [1.54, 1.807) is 24.9 Å². The number of aryl methyl sites for hydroxylation is 1. The second kappa shape index (κ2) is 12.9. The summed E-state index contributed by atoms with van der Waals surface area (Å²) in [6, 6.07) is 11.6. The SMILES string of the molecule is CCn1c(CN(C)Cc2ccc(C=CC(=O)NO)cc2)nc2c(N3CCOCC3)nc(-c3ccc(OC)nc3)nc21. The number of hydrogen-bond donors (Lipinski definition) is 2. The number of anilines is 1. The summed E-state index contributed by atoms with van der Waals surface area (Å²) in [5.74, 6) is 2.27. The largest absolute Gasteiger partial charge is 0.481 e. The van der Waals surface area contributed by atoms with Crippen LogP contribution in [-0.4, -0.2) is 81.0 Å². The van der Waals surface area contributed by atoms with E-state index in [1.165, 1.54) is 6.08 Å². The molecule has 0 saturated carbocycles. The molecule has 1 aliphatic rings. The Balaban J connectivity index is 1.43. The molecule has 0 bridgehead atoms. The van der Waals surface area contributed by atoms with Crippen molar-refractivity contribution >= 4 is 29.0 Å². The van der Waals surface area contributed by atoms with E-state index < -0.39 is 5.91 Å². The average Bonchev–Trinajstić information content (AvgIpc) is 3.37. The third kappa shape index (κ3) is 6.51. The molecule has 0 radical (unpaired) electrons. The maximum atomic E-state index is 11.2. The number of hydroxylamine groups is 1. The number of morpholine rings is 1. The maximum Gasteiger partial charge on any atom is 0.267 e. The molecular formula is C29H34N8O4. The minimum atomic E-state index is -0.568. The first-order valence-electron chi connectivity index (χ1n) is 13.5. The van der Waals surface area contributed by atoms with Gasteiger partial charge in [-0.2, -0.15) is 0 Å². The number of carbonyl (C=O) groups excluding carboxylic acids is 1. The molecule has 1 fully saturated rings. The normalized spacial score (nSPS) is 13.8. The fourth-order valence-corrected chi connectivity index (χ4v) is 4.79. The van der Waals surface area contributed by atoms with Crippen molar-refractivity contribution < 1.29 is 19.5 Å². The molecule has 3 aromatic heterocycles. The van der Waals surface area contributed by atoms with E-state index in [0.29, 0.717) is 44.6 Å². The highest BCUT2D eigenvalue weighted by Gasteiger charge is 2.23. The predicted octanol–water partition coefficient (Wildman–Crippen LogP) is 2.90. The second-order valence-corrected chi connectivity index (χ2v) is 9.73. The molecular weight excluding hydrogens is 524 g/mol. The van der Waals surface area contributed by atoms with Gasteiger partial charge in [-0.15, -0.1) is 0 Å². The van der Waals surface area contributed by atoms with Gasteiger partial charge < -0.3 is 18.9 Å². The summed E-state index contributed by atoms with van der Waals surface area (Å²) in [6.45, 7) is 6.87. The zero-order valence-corrected chi connectivity index (χ0v) is 23.4. The molecule has 0 unspecified atom stereocenters. The third-order valence-electron chi connectivity index (χ3n) is 6.87. The monoisotopic (exact) mass is 558 g/mol. The van der Waals surface area contributed by atoms with Gasteiger partial charge in [0.2, 0.25) is 5.88 Å². The van der Waals surface area contributed by atoms with Crippen LogP contribution in [0, 0.1) is 0 Å². The van der Waals surface area contributed by atoms with Crippen molar-refractivity contribution in [3.8, 4) is 17.3 Å². The van der Waals surface area contributed by atoms with Crippen molar-refractivity contribution in [1.29, 1.82) is 0 Å². The van der Waals surface area contributed by atoms with Crippen LogP contribution < -0.4 is 15.1 Å². The summed E-state index contributed by atoms with van der Waals surface area (Å²) < 4.78 is 13.0. The Morgan fingerprint density at radius 2 is 1.90 bits per heavy atom. The molecule has 1 aromatic carbocycles. The molecule has 1 aliphatic heterocycles. The van der Waals surface area contributed by atoms with Crippen LogP contribution in [0.3, 0.4) is 0 Å². The topological polar surface area (TPSA) is 131 Å². The average molecular weight is 559 g/mol. The van der Waals surface area contributed by atoms with Gasteiger partial charge in [-0.3, -0.25) is 14.9 Å². The van der Waals surface area contributed by atoms with Crippen LogP contribution in [0.5, 0.6) is 5.88 Å². The van der Waals surface area contributed by atoms with Crippen molar-refractivity contribution in [2.45, 2.75) is 26.6 Å². The number of fused-ring (bicyclic) bond motifs is 1.